The molecule has 0 radical (unpaired) electrons. The minimum absolute atomic E-state index is 0.0289. The summed E-state index contributed by atoms with van der Waals surface area (Å²) in [5.74, 6) is -1.69. The van der Waals surface area contributed by atoms with Crippen LogP contribution in [0.5, 0.6) is 0 Å². The van der Waals surface area contributed by atoms with Gasteiger partial charge in [0.05, 0.1) is 21.8 Å². The number of halogens is 7. The molecule has 0 fully saturated rings. The topological polar surface area (TPSA) is 38.9 Å². The highest BCUT2D eigenvalue weighted by Gasteiger charge is 2.37. The maximum absolute atomic E-state index is 14.1. The van der Waals surface area contributed by atoms with Gasteiger partial charge in [0.1, 0.15) is 11.6 Å². The minimum Gasteiger partial charge on any atom is -0.316 e. The van der Waals surface area contributed by atoms with Gasteiger partial charge in [0, 0.05) is 17.6 Å². The van der Waals surface area contributed by atoms with Crippen LogP contribution in [-0.4, -0.2) is 4.98 Å². The van der Waals surface area contributed by atoms with Crippen molar-refractivity contribution in [1.29, 1.82) is 0 Å². The van der Waals surface area contributed by atoms with Crippen LogP contribution < -0.4 is 5.73 Å². The largest absolute Gasteiger partial charge is 0.416 e. The fraction of sp³-hybridized carbons (Fsp3) is 0.150. The summed E-state index contributed by atoms with van der Waals surface area (Å²) in [5, 5.41) is 0.312. The smallest absolute Gasteiger partial charge is 0.316 e. The van der Waals surface area contributed by atoms with Crippen molar-refractivity contribution in [3.05, 3.63) is 98.8 Å². The van der Waals surface area contributed by atoms with Crippen LogP contribution in [0, 0.1) is 11.6 Å². The summed E-state index contributed by atoms with van der Waals surface area (Å²) >= 11 is 11.9. The Hall–Kier alpha value is -2.22. The highest BCUT2D eigenvalue weighted by molar-refractivity contribution is 6.31. The van der Waals surface area contributed by atoms with Crippen LogP contribution in [0.4, 0.5) is 22.0 Å². The maximum Gasteiger partial charge on any atom is 0.416 e. The number of pyridine rings is 1. The molecule has 2 nitrogen and oxygen atoms in total. The third-order valence-corrected chi connectivity index (χ3v) is 4.98. The van der Waals surface area contributed by atoms with Gasteiger partial charge in [-0.25, -0.2) is 8.78 Å². The highest BCUT2D eigenvalue weighted by Crippen LogP contribution is 2.37. The molecule has 3 rings (SSSR count). The van der Waals surface area contributed by atoms with Gasteiger partial charge in [0.15, 0.2) is 0 Å². The van der Waals surface area contributed by atoms with E-state index >= 15 is 0 Å². The zero-order valence-corrected chi connectivity index (χ0v) is 16.1. The molecule has 29 heavy (non-hydrogen) atoms. The Morgan fingerprint density at radius 2 is 1.55 bits per heavy atom. The molecular weight excluding hydrogens is 434 g/mol. The fourth-order valence-electron chi connectivity index (χ4n) is 2.96. The van der Waals surface area contributed by atoms with Crippen LogP contribution in [0.15, 0.2) is 54.7 Å². The number of benzene rings is 2. The Kier molecular flexibility index (Phi) is 5.85. The Labute approximate surface area is 173 Å². The molecule has 0 saturated carbocycles. The molecule has 0 aliphatic heterocycles. The molecule has 0 aliphatic carbocycles. The van der Waals surface area contributed by atoms with Gasteiger partial charge in [-0.05, 0) is 53.6 Å². The number of nitrogens with two attached hydrogens (primary N) is 1. The SMILES string of the molecule is NC(Cc1ccc(F)cc1Cl)(c1cc(F)cc(C(F)(F)F)c1)c1ccc(Cl)cn1. The number of rotatable bonds is 4. The van der Waals surface area contributed by atoms with Crippen molar-refractivity contribution in [3.8, 4) is 0 Å². The Balaban J connectivity index is 2.20. The van der Waals surface area contributed by atoms with Gasteiger partial charge < -0.3 is 5.73 Å². The van der Waals surface area contributed by atoms with Gasteiger partial charge in [0.25, 0.3) is 0 Å². The predicted molar refractivity (Wildman–Crippen MR) is 101 cm³/mol. The van der Waals surface area contributed by atoms with Gasteiger partial charge in [-0.15, -0.1) is 0 Å². The van der Waals surface area contributed by atoms with Crippen LogP contribution in [0.3, 0.4) is 0 Å². The molecule has 0 amide bonds. The van der Waals surface area contributed by atoms with Gasteiger partial charge in [-0.1, -0.05) is 29.3 Å². The van der Waals surface area contributed by atoms with E-state index in [9.17, 15) is 22.0 Å². The van der Waals surface area contributed by atoms with Crippen LogP contribution in [0.2, 0.25) is 10.0 Å². The van der Waals surface area contributed by atoms with E-state index in [-0.39, 0.29) is 27.7 Å². The maximum atomic E-state index is 14.1. The van der Waals surface area contributed by atoms with Crippen molar-refractivity contribution in [2.75, 3.05) is 0 Å². The molecule has 152 valence electrons. The lowest BCUT2D eigenvalue weighted by molar-refractivity contribution is -0.137. The standard InChI is InChI=1S/C20H13Cl2F5N2/c21-14-2-4-18(29-10-14)19(28,9-11-1-3-15(23)8-17(11)22)12-5-13(20(25,26)27)7-16(24)6-12/h1-8,10H,9,28H2. The zero-order valence-electron chi connectivity index (χ0n) is 14.6. The van der Waals surface area contributed by atoms with Crippen molar-refractivity contribution in [1.82, 2.24) is 4.98 Å². The van der Waals surface area contributed by atoms with Gasteiger partial charge in [-0.2, -0.15) is 13.2 Å². The molecule has 3 aromatic rings. The second-order valence-electron chi connectivity index (χ2n) is 6.47. The van der Waals surface area contributed by atoms with E-state index in [0.29, 0.717) is 11.6 Å². The molecule has 1 unspecified atom stereocenters. The first-order chi connectivity index (χ1) is 13.5. The monoisotopic (exact) mass is 446 g/mol. The first kappa shape index (κ1) is 21.5. The second-order valence-corrected chi connectivity index (χ2v) is 7.32. The molecular formula is C20H13Cl2F5N2. The third kappa shape index (κ3) is 4.69. The average Bonchev–Trinajstić information content (AvgIpc) is 2.63. The Morgan fingerprint density at radius 3 is 2.14 bits per heavy atom. The molecule has 9 heteroatoms. The summed E-state index contributed by atoms with van der Waals surface area (Å²) in [5.41, 5.74) is 3.95. The lowest BCUT2D eigenvalue weighted by Gasteiger charge is -2.31. The molecule has 0 saturated heterocycles. The number of alkyl halides is 3. The first-order valence-electron chi connectivity index (χ1n) is 8.22. The molecule has 1 aromatic heterocycles. The fourth-order valence-corrected chi connectivity index (χ4v) is 3.30. The lowest BCUT2D eigenvalue weighted by Crippen LogP contribution is -2.41. The van der Waals surface area contributed by atoms with Crippen LogP contribution in [0.25, 0.3) is 0 Å². The van der Waals surface area contributed by atoms with Crippen molar-refractivity contribution < 1.29 is 22.0 Å². The van der Waals surface area contributed by atoms with Gasteiger partial charge in [-0.3, -0.25) is 4.98 Å². The van der Waals surface area contributed by atoms with Crippen LogP contribution >= 0.6 is 23.2 Å². The van der Waals surface area contributed by atoms with E-state index < -0.39 is 28.9 Å². The van der Waals surface area contributed by atoms with Crippen LogP contribution in [-0.2, 0) is 18.1 Å². The van der Waals surface area contributed by atoms with Crippen molar-refractivity contribution in [3.63, 3.8) is 0 Å². The lowest BCUT2D eigenvalue weighted by atomic mass is 9.81. The van der Waals surface area contributed by atoms with E-state index in [0.717, 1.165) is 24.3 Å². The van der Waals surface area contributed by atoms with Crippen molar-refractivity contribution in [2.45, 2.75) is 18.1 Å². The van der Waals surface area contributed by atoms with Crippen molar-refractivity contribution in [2.24, 2.45) is 5.73 Å². The Bertz CT molecular complexity index is 1040. The number of hydrogen-bond acceptors (Lipinski definition) is 2. The number of nitrogens with zero attached hydrogens (tertiary/aromatic N) is 1. The predicted octanol–water partition coefficient (Wildman–Crippen LogP) is 6.13. The average molecular weight is 447 g/mol. The first-order valence-corrected chi connectivity index (χ1v) is 8.98. The normalized spacial score (nSPS) is 13.9. The number of aromatic nitrogens is 1. The summed E-state index contributed by atoms with van der Waals surface area (Å²) < 4.78 is 67.1. The molecule has 2 aromatic carbocycles. The van der Waals surface area contributed by atoms with E-state index in [1.165, 1.54) is 24.4 Å². The summed E-state index contributed by atoms with van der Waals surface area (Å²) in [6.45, 7) is 0. The summed E-state index contributed by atoms with van der Waals surface area (Å²) in [7, 11) is 0. The summed E-state index contributed by atoms with van der Waals surface area (Å²) in [6, 6.07) is 8.49. The van der Waals surface area contributed by atoms with E-state index in [1.54, 1.807) is 0 Å². The minimum atomic E-state index is -4.78. The van der Waals surface area contributed by atoms with Gasteiger partial charge in [0.2, 0.25) is 0 Å². The summed E-state index contributed by atoms with van der Waals surface area (Å²) in [6.07, 6.45) is -3.67. The Morgan fingerprint density at radius 1 is 0.862 bits per heavy atom. The van der Waals surface area contributed by atoms with Gasteiger partial charge >= 0.3 is 6.18 Å². The van der Waals surface area contributed by atoms with E-state index in [2.05, 4.69) is 4.98 Å². The van der Waals surface area contributed by atoms with Crippen molar-refractivity contribution >= 4 is 23.2 Å². The quantitative estimate of drug-likeness (QED) is 0.489. The third-order valence-electron chi connectivity index (χ3n) is 4.41. The molecule has 0 aliphatic rings. The van der Waals surface area contributed by atoms with Crippen LogP contribution in [0.1, 0.15) is 22.4 Å². The van der Waals surface area contributed by atoms with E-state index in [4.69, 9.17) is 28.9 Å². The molecule has 1 heterocycles. The zero-order chi connectivity index (χ0) is 21.4. The molecule has 1 atom stereocenters. The number of hydrogen-bond donors (Lipinski definition) is 1. The second kappa shape index (κ2) is 7.89. The molecule has 0 spiro atoms. The molecule has 0 bridgehead atoms. The molecule has 2 N–H and O–H groups in total. The van der Waals surface area contributed by atoms with E-state index in [1.807, 2.05) is 0 Å². The highest BCUT2D eigenvalue weighted by atomic mass is 35.5. The summed E-state index contributed by atoms with van der Waals surface area (Å²) in [4.78, 5) is 4.11.